The van der Waals surface area contributed by atoms with Crippen molar-refractivity contribution in [2.45, 2.75) is 30.9 Å². The molecular weight excluding hydrogens is 162 g/mol. The molecule has 3 rings (SSSR count). The molecule has 0 saturated heterocycles. The molecule has 0 atom stereocenters. The van der Waals surface area contributed by atoms with Crippen LogP contribution in [-0.4, -0.2) is 26.8 Å². The number of hydrogen-bond donors (Lipinski definition) is 1. The minimum absolute atomic E-state index is 0.0463. The zero-order valence-electron chi connectivity index (χ0n) is 7.42. The molecule has 3 saturated carbocycles. The van der Waals surface area contributed by atoms with Crippen molar-refractivity contribution in [2.75, 3.05) is 0 Å². The summed E-state index contributed by atoms with van der Waals surface area (Å²) < 4.78 is 0. The fourth-order valence-electron chi connectivity index (χ4n) is 3.62. The summed E-state index contributed by atoms with van der Waals surface area (Å²) in [5.41, 5.74) is 0.518. The van der Waals surface area contributed by atoms with Gasteiger partial charge in [-0.1, -0.05) is 0 Å². The standard InChI is InChI=1S/C9H10B2O2/c10-9(11,6(12)13)5-7(1-2-7)8(5)3-4-8/h5H,1-4H2,(H,12,13). The lowest BCUT2D eigenvalue weighted by atomic mass is 9.50. The first-order valence-electron chi connectivity index (χ1n) is 4.79. The SMILES string of the molecule is [B]C([B])(C(=O)O)C1C2(CC2)C12CC2. The summed E-state index contributed by atoms with van der Waals surface area (Å²) in [6.45, 7) is 0. The van der Waals surface area contributed by atoms with Gasteiger partial charge >= 0.3 is 0 Å². The minimum atomic E-state index is -1.48. The van der Waals surface area contributed by atoms with E-state index >= 15 is 0 Å². The van der Waals surface area contributed by atoms with Gasteiger partial charge in [0, 0.05) is 0 Å². The quantitative estimate of drug-likeness (QED) is 0.622. The van der Waals surface area contributed by atoms with Crippen LogP contribution in [0.1, 0.15) is 25.7 Å². The Morgan fingerprint density at radius 1 is 1.23 bits per heavy atom. The van der Waals surface area contributed by atoms with Crippen molar-refractivity contribution >= 4 is 21.7 Å². The van der Waals surface area contributed by atoms with Gasteiger partial charge in [0.15, 0.2) is 0 Å². The fourth-order valence-corrected chi connectivity index (χ4v) is 3.62. The third kappa shape index (κ3) is 0.649. The van der Waals surface area contributed by atoms with E-state index in [1.807, 2.05) is 0 Å². The maximum atomic E-state index is 10.9. The average molecular weight is 172 g/mol. The third-order valence-electron chi connectivity index (χ3n) is 4.44. The number of rotatable bonds is 2. The molecule has 0 heterocycles. The van der Waals surface area contributed by atoms with Gasteiger partial charge in [-0.2, -0.15) is 0 Å². The Labute approximate surface area is 79.9 Å². The molecule has 0 aromatic carbocycles. The Kier molecular flexibility index (Phi) is 1.05. The van der Waals surface area contributed by atoms with Crippen molar-refractivity contribution in [3.63, 3.8) is 0 Å². The van der Waals surface area contributed by atoms with Crippen LogP contribution in [0.2, 0.25) is 5.21 Å². The number of hydrogen-bond acceptors (Lipinski definition) is 1. The van der Waals surface area contributed by atoms with Crippen LogP contribution in [0, 0.1) is 16.7 Å². The third-order valence-corrected chi connectivity index (χ3v) is 4.44. The Morgan fingerprint density at radius 2 is 1.62 bits per heavy atom. The summed E-state index contributed by atoms with van der Waals surface area (Å²) in [7, 11) is 11.3. The number of fused-ring (bicyclic) bond motifs is 1. The van der Waals surface area contributed by atoms with E-state index in [0.29, 0.717) is 0 Å². The highest BCUT2D eigenvalue weighted by Crippen LogP contribution is 2.95. The van der Waals surface area contributed by atoms with Gasteiger partial charge in [-0.3, -0.25) is 4.79 Å². The monoisotopic (exact) mass is 172 g/mol. The van der Waals surface area contributed by atoms with E-state index in [9.17, 15) is 4.79 Å². The van der Waals surface area contributed by atoms with Gasteiger partial charge in [-0.15, -0.1) is 0 Å². The van der Waals surface area contributed by atoms with Crippen molar-refractivity contribution in [2.24, 2.45) is 16.7 Å². The van der Waals surface area contributed by atoms with Gasteiger partial charge in [-0.25, -0.2) is 0 Å². The molecule has 0 amide bonds. The van der Waals surface area contributed by atoms with Crippen molar-refractivity contribution < 1.29 is 9.90 Å². The first kappa shape index (κ1) is 7.95. The molecule has 0 aliphatic heterocycles. The Bertz CT molecular complexity index is 285. The summed E-state index contributed by atoms with van der Waals surface area (Å²) in [6.07, 6.45) is 4.56. The Hall–Kier alpha value is -0.400. The Balaban J connectivity index is 1.92. The van der Waals surface area contributed by atoms with Gasteiger partial charge in [-0.05, 0) is 47.6 Å². The van der Waals surface area contributed by atoms with Crippen molar-refractivity contribution in [1.29, 1.82) is 0 Å². The lowest BCUT2D eigenvalue weighted by Gasteiger charge is -2.20. The average Bonchev–Trinajstić information content (AvgIpc) is 2.82. The zero-order valence-corrected chi connectivity index (χ0v) is 7.42. The normalized spacial score (nSPS) is 36.2. The summed E-state index contributed by atoms with van der Waals surface area (Å²) in [5, 5.41) is 7.44. The van der Waals surface area contributed by atoms with E-state index in [2.05, 4.69) is 0 Å². The van der Waals surface area contributed by atoms with Gasteiger partial charge in [0.2, 0.25) is 0 Å². The second-order valence-corrected chi connectivity index (χ2v) is 4.98. The van der Waals surface area contributed by atoms with Crippen LogP contribution in [0.25, 0.3) is 0 Å². The predicted octanol–water partition coefficient (Wildman–Crippen LogP) is 0.714. The summed E-state index contributed by atoms with van der Waals surface area (Å²) in [6, 6.07) is 0. The summed E-state index contributed by atoms with van der Waals surface area (Å²) >= 11 is 0. The first-order valence-corrected chi connectivity index (χ1v) is 4.79. The lowest BCUT2D eigenvalue weighted by Crippen LogP contribution is -2.28. The van der Waals surface area contributed by atoms with E-state index in [1.165, 1.54) is 0 Å². The first-order chi connectivity index (χ1) is 5.97. The molecule has 13 heavy (non-hydrogen) atoms. The van der Waals surface area contributed by atoms with Crippen LogP contribution in [-0.2, 0) is 4.79 Å². The second kappa shape index (κ2) is 1.71. The highest BCUT2D eigenvalue weighted by molar-refractivity contribution is 6.50. The fraction of sp³-hybridized carbons (Fsp3) is 0.889. The molecule has 0 bridgehead atoms. The smallest absolute Gasteiger partial charge is 0.292 e. The Morgan fingerprint density at radius 3 is 1.85 bits per heavy atom. The molecule has 3 fully saturated rings. The van der Waals surface area contributed by atoms with Crippen molar-refractivity contribution in [3.05, 3.63) is 0 Å². The topological polar surface area (TPSA) is 37.3 Å². The van der Waals surface area contributed by atoms with E-state index in [4.69, 9.17) is 20.8 Å². The highest BCUT2D eigenvalue weighted by Gasteiger charge is 2.88. The molecule has 3 aliphatic rings. The molecule has 3 aliphatic carbocycles. The van der Waals surface area contributed by atoms with Crippen molar-refractivity contribution in [1.82, 2.24) is 0 Å². The summed E-state index contributed by atoms with van der Waals surface area (Å²) in [5.74, 6) is -1.00. The molecule has 64 valence electrons. The van der Waals surface area contributed by atoms with Gasteiger partial charge in [0.05, 0.1) is 15.7 Å². The van der Waals surface area contributed by atoms with E-state index in [1.54, 1.807) is 0 Å². The molecule has 4 radical (unpaired) electrons. The van der Waals surface area contributed by atoms with Crippen molar-refractivity contribution in [3.8, 4) is 0 Å². The largest absolute Gasteiger partial charge is 0.482 e. The zero-order chi connectivity index (χ0) is 9.48. The van der Waals surface area contributed by atoms with Gasteiger partial charge in [0.1, 0.15) is 0 Å². The lowest BCUT2D eigenvalue weighted by molar-refractivity contribution is -0.138. The second-order valence-electron chi connectivity index (χ2n) is 4.98. The molecule has 2 nitrogen and oxygen atoms in total. The molecule has 0 unspecified atom stereocenters. The number of carbonyl (C=O) groups is 1. The van der Waals surface area contributed by atoms with Crippen LogP contribution in [0.5, 0.6) is 0 Å². The maximum Gasteiger partial charge on any atom is 0.292 e. The molecular formula is C9H10B2O2. The van der Waals surface area contributed by atoms with Crippen LogP contribution < -0.4 is 0 Å². The molecule has 0 aromatic heterocycles. The molecule has 2 spiro atoms. The molecule has 4 heteroatoms. The van der Waals surface area contributed by atoms with Crippen LogP contribution in [0.15, 0.2) is 0 Å². The predicted molar refractivity (Wildman–Crippen MR) is 48.7 cm³/mol. The van der Waals surface area contributed by atoms with Gasteiger partial charge in [0.25, 0.3) is 5.97 Å². The highest BCUT2D eigenvalue weighted by atomic mass is 16.4. The minimum Gasteiger partial charge on any atom is -0.482 e. The number of carboxylic acid groups (broad SMARTS) is 1. The molecule has 0 aromatic rings. The van der Waals surface area contributed by atoms with Crippen LogP contribution in [0.3, 0.4) is 0 Å². The van der Waals surface area contributed by atoms with Crippen LogP contribution >= 0.6 is 0 Å². The van der Waals surface area contributed by atoms with Gasteiger partial charge < -0.3 is 5.11 Å². The number of carboxylic acids is 1. The maximum absolute atomic E-state index is 10.9. The van der Waals surface area contributed by atoms with E-state index in [0.717, 1.165) is 25.7 Å². The van der Waals surface area contributed by atoms with E-state index in [-0.39, 0.29) is 16.7 Å². The van der Waals surface area contributed by atoms with Crippen LogP contribution in [0.4, 0.5) is 0 Å². The number of aliphatic carboxylic acids is 1. The van der Waals surface area contributed by atoms with E-state index < -0.39 is 11.2 Å². The molecule has 1 N–H and O–H groups in total. The summed E-state index contributed by atoms with van der Waals surface area (Å²) in [4.78, 5) is 10.9.